The zero-order valence-electron chi connectivity index (χ0n) is 11.2. The molecule has 0 unspecified atom stereocenters. The third-order valence-electron chi connectivity index (χ3n) is 2.55. The van der Waals surface area contributed by atoms with Crippen LogP contribution < -0.4 is 5.73 Å². The first-order valence-electron chi connectivity index (χ1n) is 5.99. The van der Waals surface area contributed by atoms with Crippen molar-refractivity contribution in [3.8, 4) is 0 Å². The number of thioether (sulfide) groups is 1. The van der Waals surface area contributed by atoms with Gasteiger partial charge in [0.1, 0.15) is 5.82 Å². The van der Waals surface area contributed by atoms with E-state index in [-0.39, 0.29) is 16.9 Å². The number of thiazole rings is 1. The van der Waals surface area contributed by atoms with Gasteiger partial charge in [0.25, 0.3) is 0 Å². The lowest BCUT2D eigenvalue weighted by Crippen LogP contribution is -2.10. The molecule has 2 N–H and O–H groups in total. The summed E-state index contributed by atoms with van der Waals surface area (Å²) >= 11 is 3.25. The van der Waals surface area contributed by atoms with Gasteiger partial charge in [0.05, 0.1) is 16.4 Å². The molecule has 0 atom stereocenters. The van der Waals surface area contributed by atoms with Crippen LogP contribution in [-0.2, 0) is 11.2 Å². The summed E-state index contributed by atoms with van der Waals surface area (Å²) in [4.78, 5) is 5.49. The van der Waals surface area contributed by atoms with Gasteiger partial charge in [0, 0.05) is 21.4 Å². The highest BCUT2D eigenvalue weighted by Gasteiger charge is 2.17. The van der Waals surface area contributed by atoms with Crippen molar-refractivity contribution in [1.29, 1.82) is 0 Å². The topological polar surface area (TPSA) is 38.9 Å². The maximum atomic E-state index is 13.3. The predicted octanol–water partition coefficient (Wildman–Crippen LogP) is 4.45. The number of hydrogen-bond donors (Lipinski definition) is 1. The molecule has 2 rings (SSSR count). The van der Waals surface area contributed by atoms with Crippen LogP contribution in [0.1, 0.15) is 31.5 Å². The van der Waals surface area contributed by atoms with Crippen molar-refractivity contribution in [2.45, 2.75) is 36.8 Å². The zero-order chi connectivity index (χ0) is 14.0. The summed E-state index contributed by atoms with van der Waals surface area (Å²) in [5.74, 6) is 0.384. The van der Waals surface area contributed by atoms with Gasteiger partial charge in [0.2, 0.25) is 0 Å². The quantitative estimate of drug-likeness (QED) is 0.671. The van der Waals surface area contributed by atoms with E-state index in [1.807, 2.05) is 6.07 Å². The van der Waals surface area contributed by atoms with E-state index in [4.69, 9.17) is 5.73 Å². The lowest BCUT2D eigenvalue weighted by atomic mass is 9.98. The first-order valence-corrected chi connectivity index (χ1v) is 7.85. The Balaban J connectivity index is 2.02. The second-order valence-electron chi connectivity index (χ2n) is 5.37. The number of halogens is 1. The molecule has 102 valence electrons. The fraction of sp³-hybridized carbons (Fsp3) is 0.357. The first-order chi connectivity index (χ1) is 8.86. The molecule has 0 saturated carbocycles. The summed E-state index contributed by atoms with van der Waals surface area (Å²) in [7, 11) is 0. The smallest absolute Gasteiger partial charge is 0.147 e. The Morgan fingerprint density at radius 3 is 2.68 bits per heavy atom. The Morgan fingerprint density at radius 1 is 1.37 bits per heavy atom. The highest BCUT2D eigenvalue weighted by molar-refractivity contribution is 7.98. The molecule has 0 spiro atoms. The summed E-state index contributed by atoms with van der Waals surface area (Å²) in [6, 6.07) is 4.90. The second kappa shape index (κ2) is 5.51. The lowest BCUT2D eigenvalue weighted by Gasteiger charge is -2.13. The summed E-state index contributed by atoms with van der Waals surface area (Å²) in [5, 5.41) is 3.20. The van der Waals surface area contributed by atoms with Crippen molar-refractivity contribution in [2.24, 2.45) is 0 Å². The molecule has 1 aromatic heterocycles. The fourth-order valence-corrected chi connectivity index (χ4v) is 3.30. The van der Waals surface area contributed by atoms with Crippen LogP contribution in [0.5, 0.6) is 0 Å². The second-order valence-corrected chi connectivity index (χ2v) is 7.27. The van der Waals surface area contributed by atoms with Gasteiger partial charge in [-0.2, -0.15) is 0 Å². The van der Waals surface area contributed by atoms with Gasteiger partial charge in [-0.05, 0) is 18.2 Å². The summed E-state index contributed by atoms with van der Waals surface area (Å²) in [6.45, 7) is 6.45. The number of nitrogens with zero attached hydrogens (tertiary/aromatic N) is 1. The number of benzene rings is 1. The largest absolute Gasteiger partial charge is 0.396 e. The molecule has 0 radical (unpaired) electrons. The van der Waals surface area contributed by atoms with Crippen LogP contribution in [0.15, 0.2) is 28.5 Å². The van der Waals surface area contributed by atoms with E-state index in [0.717, 1.165) is 21.3 Å². The van der Waals surface area contributed by atoms with Crippen molar-refractivity contribution in [2.75, 3.05) is 5.73 Å². The van der Waals surface area contributed by atoms with E-state index in [0.29, 0.717) is 0 Å². The SMILES string of the molecule is CC(C)(C)c1nc(CSc2ccc(N)c(F)c2)cs1. The lowest BCUT2D eigenvalue weighted by molar-refractivity contribution is 0.584. The minimum Gasteiger partial charge on any atom is -0.396 e. The van der Waals surface area contributed by atoms with Gasteiger partial charge in [0.15, 0.2) is 0 Å². The Hall–Kier alpha value is -1.07. The van der Waals surface area contributed by atoms with Crippen molar-refractivity contribution >= 4 is 28.8 Å². The van der Waals surface area contributed by atoms with Crippen molar-refractivity contribution in [3.05, 3.63) is 40.1 Å². The molecule has 0 saturated heterocycles. The summed E-state index contributed by atoms with van der Waals surface area (Å²) in [5.41, 5.74) is 6.76. The van der Waals surface area contributed by atoms with Crippen LogP contribution in [0.4, 0.5) is 10.1 Å². The number of aromatic nitrogens is 1. The van der Waals surface area contributed by atoms with Gasteiger partial charge in [-0.1, -0.05) is 20.8 Å². The molecule has 1 heterocycles. The molecule has 0 bridgehead atoms. The predicted molar refractivity (Wildman–Crippen MR) is 81.2 cm³/mol. The molecule has 1 aromatic carbocycles. The molecule has 2 nitrogen and oxygen atoms in total. The molecule has 0 aliphatic carbocycles. The normalized spacial score (nSPS) is 11.8. The van der Waals surface area contributed by atoms with Gasteiger partial charge >= 0.3 is 0 Å². The average Bonchev–Trinajstić information content (AvgIpc) is 2.79. The number of nitrogen functional groups attached to an aromatic ring is 1. The van der Waals surface area contributed by atoms with Gasteiger partial charge in [-0.25, -0.2) is 9.37 Å². The van der Waals surface area contributed by atoms with E-state index in [1.54, 1.807) is 29.2 Å². The Kier molecular flexibility index (Phi) is 4.16. The van der Waals surface area contributed by atoms with E-state index in [1.165, 1.54) is 6.07 Å². The minimum atomic E-state index is -0.362. The molecular weight excluding hydrogens is 279 g/mol. The molecule has 19 heavy (non-hydrogen) atoms. The van der Waals surface area contributed by atoms with E-state index in [2.05, 4.69) is 31.1 Å². The Morgan fingerprint density at radius 2 is 2.11 bits per heavy atom. The molecule has 5 heteroatoms. The highest BCUT2D eigenvalue weighted by atomic mass is 32.2. The summed E-state index contributed by atoms with van der Waals surface area (Å²) < 4.78 is 13.3. The third-order valence-corrected chi connectivity index (χ3v) is 4.90. The van der Waals surface area contributed by atoms with Crippen LogP contribution in [0, 0.1) is 5.82 Å². The highest BCUT2D eigenvalue weighted by Crippen LogP contribution is 2.29. The van der Waals surface area contributed by atoms with E-state index >= 15 is 0 Å². The van der Waals surface area contributed by atoms with Crippen LogP contribution in [0.25, 0.3) is 0 Å². The molecule has 0 fully saturated rings. The zero-order valence-corrected chi connectivity index (χ0v) is 12.9. The monoisotopic (exact) mass is 296 g/mol. The number of hydrogen-bond acceptors (Lipinski definition) is 4. The Labute approximate surface area is 121 Å². The van der Waals surface area contributed by atoms with E-state index < -0.39 is 0 Å². The van der Waals surface area contributed by atoms with Crippen LogP contribution >= 0.6 is 23.1 Å². The molecule has 0 aliphatic rings. The van der Waals surface area contributed by atoms with Crippen molar-refractivity contribution < 1.29 is 4.39 Å². The molecule has 0 aliphatic heterocycles. The first kappa shape index (κ1) is 14.3. The number of anilines is 1. The Bertz CT molecular complexity index is 573. The van der Waals surface area contributed by atoms with Gasteiger partial charge < -0.3 is 5.73 Å². The van der Waals surface area contributed by atoms with E-state index in [9.17, 15) is 4.39 Å². The molecular formula is C14H17FN2S2. The molecule has 0 amide bonds. The average molecular weight is 296 g/mol. The fourth-order valence-electron chi connectivity index (χ4n) is 1.47. The standard InChI is InChI=1S/C14H17FN2S2/c1-14(2,3)13-17-9(8-19-13)7-18-10-4-5-12(16)11(15)6-10/h4-6,8H,7,16H2,1-3H3. The van der Waals surface area contributed by atoms with Gasteiger partial charge in [-0.3, -0.25) is 0 Å². The van der Waals surface area contributed by atoms with Crippen molar-refractivity contribution in [3.63, 3.8) is 0 Å². The van der Waals surface area contributed by atoms with Crippen LogP contribution in [-0.4, -0.2) is 4.98 Å². The van der Waals surface area contributed by atoms with Crippen molar-refractivity contribution in [1.82, 2.24) is 4.98 Å². The van der Waals surface area contributed by atoms with Gasteiger partial charge in [-0.15, -0.1) is 23.1 Å². The maximum absolute atomic E-state index is 13.3. The minimum absolute atomic E-state index is 0.0842. The van der Waals surface area contributed by atoms with Crippen LogP contribution in [0.3, 0.4) is 0 Å². The number of rotatable bonds is 3. The maximum Gasteiger partial charge on any atom is 0.147 e. The number of nitrogens with two attached hydrogens (primary N) is 1. The third kappa shape index (κ3) is 3.70. The molecule has 2 aromatic rings. The summed E-state index contributed by atoms with van der Waals surface area (Å²) in [6.07, 6.45) is 0. The van der Waals surface area contributed by atoms with Crippen LogP contribution in [0.2, 0.25) is 0 Å².